The summed E-state index contributed by atoms with van der Waals surface area (Å²) in [6, 6.07) is 8.03. The van der Waals surface area contributed by atoms with Crippen LogP contribution in [0.5, 0.6) is 5.75 Å². The van der Waals surface area contributed by atoms with Gasteiger partial charge in [0.15, 0.2) is 8.32 Å². The lowest BCUT2D eigenvalue weighted by Crippen LogP contribution is -2.57. The first kappa shape index (κ1) is 35.0. The predicted octanol–water partition coefficient (Wildman–Crippen LogP) is 10.0. The summed E-state index contributed by atoms with van der Waals surface area (Å²) in [6.07, 6.45) is 12.0. The zero-order valence-electron chi connectivity index (χ0n) is 28.9. The predicted molar refractivity (Wildman–Crippen MR) is 183 cm³/mol. The van der Waals surface area contributed by atoms with E-state index in [1.807, 2.05) is 24.3 Å². The maximum Gasteiger partial charge on any atom is 0.211 e. The minimum atomic E-state index is -2.02. The summed E-state index contributed by atoms with van der Waals surface area (Å²) in [7, 11) is -2.18. The number of hydrogen-bond donors (Lipinski definition) is 0. The molecule has 0 radical (unpaired) electrons. The topological polar surface area (TPSA) is 36.9 Å². The fraction of sp³-hybridized carbons (Fsp3) is 0.667. The summed E-state index contributed by atoms with van der Waals surface area (Å²) in [5, 5.41) is 0.223. The monoisotopic (exact) mass is 612 g/mol. The van der Waals surface area contributed by atoms with E-state index in [4.69, 9.17) is 18.3 Å². The third-order valence-corrected chi connectivity index (χ3v) is 16.7. The summed E-state index contributed by atoms with van der Waals surface area (Å²) in [4.78, 5) is 0. The van der Waals surface area contributed by atoms with Crippen LogP contribution < -0.4 is 4.74 Å². The van der Waals surface area contributed by atoms with Crippen molar-refractivity contribution in [1.29, 1.82) is 0 Å². The molecule has 1 aromatic carbocycles. The van der Waals surface area contributed by atoms with Gasteiger partial charge in [-0.1, -0.05) is 81.8 Å². The van der Waals surface area contributed by atoms with E-state index in [0.29, 0.717) is 25.2 Å². The van der Waals surface area contributed by atoms with Crippen molar-refractivity contribution in [1.82, 2.24) is 0 Å². The van der Waals surface area contributed by atoms with E-state index in [1.165, 1.54) is 24.0 Å². The molecule has 0 N–H and O–H groups in total. The van der Waals surface area contributed by atoms with Crippen molar-refractivity contribution in [2.75, 3.05) is 20.3 Å². The van der Waals surface area contributed by atoms with Gasteiger partial charge in [0, 0.05) is 12.0 Å². The molecule has 42 heavy (non-hydrogen) atoms. The van der Waals surface area contributed by atoms with Gasteiger partial charge in [-0.15, -0.1) is 0 Å². The highest BCUT2D eigenvalue weighted by molar-refractivity contribution is 6.76. The second-order valence-electron chi connectivity index (χ2n) is 15.6. The highest BCUT2D eigenvalue weighted by atomic mass is 28.4. The third kappa shape index (κ3) is 8.81. The van der Waals surface area contributed by atoms with Crippen LogP contribution in [0.2, 0.25) is 31.2 Å². The van der Waals surface area contributed by atoms with E-state index < -0.39 is 16.6 Å². The average molecular weight is 613 g/mol. The van der Waals surface area contributed by atoms with Gasteiger partial charge in [0.25, 0.3) is 0 Å². The Labute approximate surface area is 260 Å². The molecule has 0 aromatic heterocycles. The minimum absolute atomic E-state index is 0.0947. The number of ether oxygens (including phenoxy) is 2. The summed E-state index contributed by atoms with van der Waals surface area (Å²) in [5.41, 5.74) is 6.43. The van der Waals surface area contributed by atoms with Crippen molar-refractivity contribution in [2.24, 2.45) is 16.7 Å². The van der Waals surface area contributed by atoms with Gasteiger partial charge in [0.2, 0.25) is 8.32 Å². The van der Waals surface area contributed by atoms with E-state index in [-0.39, 0.29) is 15.9 Å². The lowest BCUT2D eigenvalue weighted by molar-refractivity contribution is -0.0965. The quantitative estimate of drug-likeness (QED) is 0.102. The van der Waals surface area contributed by atoms with Crippen LogP contribution in [0.1, 0.15) is 79.7 Å². The SMILES string of the molecule is COc1ccc(COC/C=C(C)/C=C/[Si](C)(C)OC[C@@]23C=C(C)CC[C@H]2C(C)(C)[C@@H](O[Si](C)(C)C(C)(C)C)CC3)cc1. The van der Waals surface area contributed by atoms with Gasteiger partial charge in [0.1, 0.15) is 5.75 Å². The molecule has 0 heterocycles. The van der Waals surface area contributed by atoms with Crippen molar-refractivity contribution in [2.45, 2.75) is 118 Å². The van der Waals surface area contributed by atoms with Crippen molar-refractivity contribution >= 4 is 16.6 Å². The van der Waals surface area contributed by atoms with E-state index in [9.17, 15) is 0 Å². The first-order valence-corrected chi connectivity index (χ1v) is 21.9. The number of fused-ring (bicyclic) bond motifs is 1. The first-order valence-electron chi connectivity index (χ1n) is 16.0. The molecule has 1 aromatic rings. The molecule has 3 rings (SSSR count). The highest BCUT2D eigenvalue weighted by Gasteiger charge is 2.55. The Morgan fingerprint density at radius 1 is 1.05 bits per heavy atom. The Bertz CT molecular complexity index is 1120. The molecule has 4 nitrogen and oxygen atoms in total. The molecule has 0 aliphatic heterocycles. The molecular formula is C36H60O4Si2. The lowest BCUT2D eigenvalue weighted by atomic mass is 9.51. The number of methoxy groups -OCH3 is 1. The Balaban J connectivity index is 1.62. The van der Waals surface area contributed by atoms with Crippen LogP contribution in [0.25, 0.3) is 0 Å². The van der Waals surface area contributed by atoms with Crippen LogP contribution in [-0.2, 0) is 20.2 Å². The summed E-state index contributed by atoms with van der Waals surface area (Å²) >= 11 is 0. The number of benzene rings is 1. The van der Waals surface area contributed by atoms with E-state index >= 15 is 0 Å². The molecular weight excluding hydrogens is 553 g/mol. The fourth-order valence-corrected chi connectivity index (χ4v) is 9.38. The number of hydrogen-bond acceptors (Lipinski definition) is 4. The smallest absolute Gasteiger partial charge is 0.211 e. The molecule has 0 saturated heterocycles. The van der Waals surface area contributed by atoms with Crippen molar-refractivity contribution in [3.8, 4) is 5.75 Å². The number of allylic oxidation sites excluding steroid dienone is 3. The standard InChI is InChI=1S/C36H60O4Si2/c1-28(20-23-38-26-30-14-16-31(37-8)17-15-30)21-24-41(9,10)39-27-36-22-19-33(40-42(11,12)34(3,4)5)35(6,7)32(36)18-13-29(2)25-36/h14-17,20-21,24-25,32-33H,13,18-19,22-23,26-27H2,1-12H3/b24-21+,28-20+/t32-,33-,36+/m0/s1. The number of rotatable bonds is 12. The Morgan fingerprint density at radius 3 is 2.33 bits per heavy atom. The van der Waals surface area contributed by atoms with Gasteiger partial charge in [-0.25, -0.2) is 0 Å². The highest BCUT2D eigenvalue weighted by Crippen LogP contribution is 2.58. The second-order valence-corrected chi connectivity index (χ2v) is 24.2. The zero-order chi connectivity index (χ0) is 31.4. The maximum absolute atomic E-state index is 7.12. The normalized spacial score (nSPS) is 25.3. The average Bonchev–Trinajstić information content (AvgIpc) is 2.90. The van der Waals surface area contributed by atoms with Crippen LogP contribution in [0.4, 0.5) is 0 Å². The van der Waals surface area contributed by atoms with Crippen LogP contribution >= 0.6 is 0 Å². The zero-order valence-corrected chi connectivity index (χ0v) is 30.9. The maximum atomic E-state index is 7.12. The molecule has 0 unspecified atom stereocenters. The molecule has 1 fully saturated rings. The van der Waals surface area contributed by atoms with Crippen LogP contribution in [0.3, 0.4) is 0 Å². The second kappa shape index (κ2) is 13.7. The van der Waals surface area contributed by atoms with Gasteiger partial charge in [0.05, 0.1) is 26.4 Å². The van der Waals surface area contributed by atoms with E-state index in [1.54, 1.807) is 7.11 Å². The first-order chi connectivity index (χ1) is 19.4. The van der Waals surface area contributed by atoms with Crippen molar-refractivity contribution in [3.05, 3.63) is 64.9 Å². The Hall–Kier alpha value is -1.45. The van der Waals surface area contributed by atoms with Crippen molar-refractivity contribution in [3.63, 3.8) is 0 Å². The van der Waals surface area contributed by atoms with Gasteiger partial charge in [-0.05, 0) is 99.8 Å². The summed E-state index contributed by atoms with van der Waals surface area (Å²) in [6.45, 7) is 27.9. The van der Waals surface area contributed by atoms with Gasteiger partial charge in [-0.2, -0.15) is 0 Å². The van der Waals surface area contributed by atoms with E-state index in [0.717, 1.165) is 30.8 Å². The van der Waals surface area contributed by atoms with Crippen LogP contribution in [0.15, 0.2) is 59.3 Å². The Morgan fingerprint density at radius 2 is 1.71 bits per heavy atom. The summed E-state index contributed by atoms with van der Waals surface area (Å²) in [5.74, 6) is 1.43. The minimum Gasteiger partial charge on any atom is -0.497 e. The van der Waals surface area contributed by atoms with Crippen LogP contribution in [-0.4, -0.2) is 43.1 Å². The molecule has 0 spiro atoms. The molecule has 0 bridgehead atoms. The van der Waals surface area contributed by atoms with Crippen molar-refractivity contribution < 1.29 is 18.3 Å². The van der Waals surface area contributed by atoms with Gasteiger partial charge >= 0.3 is 0 Å². The lowest BCUT2D eigenvalue weighted by Gasteiger charge is -2.58. The molecule has 0 amide bonds. The molecule has 6 heteroatoms. The largest absolute Gasteiger partial charge is 0.497 e. The third-order valence-electron chi connectivity index (χ3n) is 10.3. The molecule has 3 atom stereocenters. The molecule has 2 aliphatic carbocycles. The molecule has 1 saturated carbocycles. The fourth-order valence-electron chi connectivity index (χ4n) is 6.49. The molecule has 2 aliphatic rings. The van der Waals surface area contributed by atoms with Gasteiger partial charge in [-0.3, -0.25) is 0 Å². The Kier molecular flexibility index (Phi) is 11.4. The van der Waals surface area contributed by atoms with Gasteiger partial charge < -0.3 is 18.3 Å². The summed E-state index contributed by atoms with van der Waals surface area (Å²) < 4.78 is 25.2. The van der Waals surface area contributed by atoms with E-state index in [2.05, 4.69) is 98.6 Å². The van der Waals surface area contributed by atoms with Crippen LogP contribution in [0, 0.1) is 16.7 Å². The molecule has 236 valence electrons.